The van der Waals surface area contributed by atoms with Crippen LogP contribution in [0.5, 0.6) is 0 Å². The molecule has 0 unspecified atom stereocenters. The van der Waals surface area contributed by atoms with Crippen LogP contribution >= 0.6 is 0 Å². The lowest BCUT2D eigenvalue weighted by Crippen LogP contribution is -2.00. The number of esters is 1. The van der Waals surface area contributed by atoms with Crippen molar-refractivity contribution in [1.29, 1.82) is 0 Å². The summed E-state index contributed by atoms with van der Waals surface area (Å²) in [4.78, 5) is 16.0. The van der Waals surface area contributed by atoms with Crippen molar-refractivity contribution in [3.8, 4) is 0 Å². The highest BCUT2D eigenvalue weighted by Gasteiger charge is 2.07. The highest BCUT2D eigenvalue weighted by molar-refractivity contribution is 5.97. The van der Waals surface area contributed by atoms with Gasteiger partial charge in [-0.15, -0.1) is 0 Å². The Morgan fingerprint density at radius 2 is 1.78 bits per heavy atom. The zero-order valence-corrected chi connectivity index (χ0v) is 9.88. The molecule has 3 heteroatoms. The first kappa shape index (κ1) is 10.7. The summed E-state index contributed by atoms with van der Waals surface area (Å²) in [5.41, 5.74) is 2.25. The first-order valence-corrected chi connectivity index (χ1v) is 5.66. The van der Waals surface area contributed by atoms with Crippen LogP contribution < -0.4 is 0 Å². The molecule has 3 nitrogen and oxygen atoms in total. The normalized spacial score (nSPS) is 10.7. The van der Waals surface area contributed by atoms with Gasteiger partial charge < -0.3 is 4.74 Å². The zero-order valence-electron chi connectivity index (χ0n) is 9.88. The second-order valence-corrected chi connectivity index (χ2v) is 4.08. The van der Waals surface area contributed by atoms with E-state index in [0.717, 1.165) is 21.8 Å². The first-order chi connectivity index (χ1) is 8.78. The minimum atomic E-state index is -0.341. The average Bonchev–Trinajstić information content (AvgIpc) is 2.43. The molecule has 0 aliphatic carbocycles. The van der Waals surface area contributed by atoms with Crippen LogP contribution in [0, 0.1) is 0 Å². The number of para-hydroxylation sites is 1. The summed E-state index contributed by atoms with van der Waals surface area (Å²) in [5.74, 6) is -0.341. The van der Waals surface area contributed by atoms with Crippen molar-refractivity contribution in [2.75, 3.05) is 7.11 Å². The predicted octanol–water partition coefficient (Wildman–Crippen LogP) is 3.17. The van der Waals surface area contributed by atoms with Crippen molar-refractivity contribution in [2.24, 2.45) is 0 Å². The number of fused-ring (bicyclic) bond motifs is 2. The number of benzene rings is 2. The van der Waals surface area contributed by atoms with E-state index in [-0.39, 0.29) is 5.97 Å². The third-order valence-corrected chi connectivity index (χ3v) is 2.94. The van der Waals surface area contributed by atoms with Crippen LogP contribution in [0.4, 0.5) is 0 Å². The lowest BCUT2D eigenvalue weighted by molar-refractivity contribution is 0.0601. The molecule has 0 spiro atoms. The topological polar surface area (TPSA) is 39.2 Å². The van der Waals surface area contributed by atoms with Gasteiger partial charge in [0.25, 0.3) is 0 Å². The Morgan fingerprint density at radius 3 is 2.61 bits per heavy atom. The third-order valence-electron chi connectivity index (χ3n) is 2.94. The van der Waals surface area contributed by atoms with Crippen LogP contribution in [0.2, 0.25) is 0 Å². The lowest BCUT2D eigenvalue weighted by Gasteiger charge is -2.03. The van der Waals surface area contributed by atoms with E-state index >= 15 is 0 Å². The van der Waals surface area contributed by atoms with Gasteiger partial charge in [-0.3, -0.25) is 0 Å². The van der Waals surface area contributed by atoms with E-state index in [1.165, 1.54) is 7.11 Å². The Morgan fingerprint density at radius 1 is 1.00 bits per heavy atom. The fourth-order valence-electron chi connectivity index (χ4n) is 2.02. The largest absolute Gasteiger partial charge is 0.465 e. The molecule has 0 radical (unpaired) electrons. The van der Waals surface area contributed by atoms with E-state index in [2.05, 4.69) is 11.1 Å². The molecule has 88 valence electrons. The highest BCUT2D eigenvalue weighted by atomic mass is 16.5. The van der Waals surface area contributed by atoms with Gasteiger partial charge in [-0.05, 0) is 24.3 Å². The van der Waals surface area contributed by atoms with Crippen molar-refractivity contribution in [3.05, 3.63) is 54.1 Å². The molecule has 0 bridgehead atoms. The van der Waals surface area contributed by atoms with Crippen LogP contribution in [0.15, 0.2) is 48.5 Å². The number of pyridine rings is 1. The fraction of sp³-hybridized carbons (Fsp3) is 0.0667. The van der Waals surface area contributed by atoms with E-state index in [0.29, 0.717) is 5.56 Å². The molecule has 1 aromatic heterocycles. The van der Waals surface area contributed by atoms with Gasteiger partial charge in [0, 0.05) is 10.8 Å². The van der Waals surface area contributed by atoms with Crippen molar-refractivity contribution < 1.29 is 9.53 Å². The summed E-state index contributed by atoms with van der Waals surface area (Å²) < 4.78 is 4.71. The molecular formula is C15H11NO2. The maximum Gasteiger partial charge on any atom is 0.337 e. The molecule has 0 fully saturated rings. The van der Waals surface area contributed by atoms with Crippen molar-refractivity contribution in [1.82, 2.24) is 4.98 Å². The molecule has 1 heterocycles. The molecule has 0 atom stereocenters. The number of ether oxygens (including phenoxy) is 1. The highest BCUT2D eigenvalue weighted by Crippen LogP contribution is 2.20. The Balaban J connectivity index is 2.27. The van der Waals surface area contributed by atoms with E-state index in [1.807, 2.05) is 30.3 Å². The van der Waals surface area contributed by atoms with Gasteiger partial charge in [-0.1, -0.05) is 24.3 Å². The van der Waals surface area contributed by atoms with Crippen LogP contribution in [0.3, 0.4) is 0 Å². The van der Waals surface area contributed by atoms with Crippen LogP contribution in [0.1, 0.15) is 10.4 Å². The van der Waals surface area contributed by atoms with E-state index in [4.69, 9.17) is 4.74 Å². The maximum atomic E-state index is 11.5. The summed E-state index contributed by atoms with van der Waals surface area (Å²) in [6, 6.07) is 15.4. The molecule has 0 aliphatic rings. The molecule has 0 saturated heterocycles. The number of methoxy groups -OCH3 is 1. The molecular weight excluding hydrogens is 226 g/mol. The molecule has 2 aromatic carbocycles. The zero-order chi connectivity index (χ0) is 12.5. The molecule has 0 aliphatic heterocycles. The molecule has 3 rings (SSSR count). The van der Waals surface area contributed by atoms with E-state index in [9.17, 15) is 4.79 Å². The second-order valence-electron chi connectivity index (χ2n) is 4.08. The second kappa shape index (κ2) is 4.11. The van der Waals surface area contributed by atoms with Crippen molar-refractivity contribution >= 4 is 27.8 Å². The SMILES string of the molecule is COC(=O)c1ccc2cc3ccccc3nc2c1. The minimum Gasteiger partial charge on any atom is -0.465 e. The number of carbonyl (C=O) groups excluding carboxylic acids is 1. The molecule has 0 amide bonds. The minimum absolute atomic E-state index is 0.341. The van der Waals surface area contributed by atoms with Crippen LogP contribution in [-0.2, 0) is 4.74 Å². The Kier molecular flexibility index (Phi) is 2.45. The fourth-order valence-corrected chi connectivity index (χ4v) is 2.02. The van der Waals surface area contributed by atoms with Gasteiger partial charge in [0.15, 0.2) is 0 Å². The summed E-state index contributed by atoms with van der Waals surface area (Å²) >= 11 is 0. The number of hydrogen-bond donors (Lipinski definition) is 0. The van der Waals surface area contributed by atoms with Gasteiger partial charge in [-0.2, -0.15) is 0 Å². The molecule has 18 heavy (non-hydrogen) atoms. The summed E-state index contributed by atoms with van der Waals surface area (Å²) in [6.45, 7) is 0. The monoisotopic (exact) mass is 237 g/mol. The maximum absolute atomic E-state index is 11.5. The Labute approximate surface area is 104 Å². The van der Waals surface area contributed by atoms with Crippen molar-refractivity contribution in [3.63, 3.8) is 0 Å². The van der Waals surface area contributed by atoms with E-state index in [1.54, 1.807) is 12.1 Å². The number of nitrogens with zero attached hydrogens (tertiary/aromatic N) is 1. The number of hydrogen-bond acceptors (Lipinski definition) is 3. The Bertz CT molecular complexity index is 750. The van der Waals surface area contributed by atoms with E-state index < -0.39 is 0 Å². The number of rotatable bonds is 1. The van der Waals surface area contributed by atoms with Crippen LogP contribution in [-0.4, -0.2) is 18.1 Å². The van der Waals surface area contributed by atoms with Gasteiger partial charge in [0.05, 0.1) is 23.7 Å². The smallest absolute Gasteiger partial charge is 0.337 e. The van der Waals surface area contributed by atoms with Gasteiger partial charge in [0.1, 0.15) is 0 Å². The predicted molar refractivity (Wildman–Crippen MR) is 70.6 cm³/mol. The summed E-state index contributed by atoms with van der Waals surface area (Å²) in [7, 11) is 1.38. The number of carbonyl (C=O) groups is 1. The number of aromatic nitrogens is 1. The Hall–Kier alpha value is -2.42. The van der Waals surface area contributed by atoms with Crippen LogP contribution in [0.25, 0.3) is 21.8 Å². The molecule has 3 aromatic rings. The molecule has 0 N–H and O–H groups in total. The van der Waals surface area contributed by atoms with Crippen molar-refractivity contribution in [2.45, 2.75) is 0 Å². The van der Waals surface area contributed by atoms with Gasteiger partial charge in [-0.25, -0.2) is 9.78 Å². The quantitative estimate of drug-likeness (QED) is 0.482. The van der Waals surface area contributed by atoms with Gasteiger partial charge in [0.2, 0.25) is 0 Å². The average molecular weight is 237 g/mol. The summed E-state index contributed by atoms with van der Waals surface area (Å²) in [5, 5.41) is 2.11. The van der Waals surface area contributed by atoms with Gasteiger partial charge >= 0.3 is 5.97 Å². The standard InChI is InChI=1S/C15H11NO2/c1-18-15(17)12-7-6-11-8-10-4-2-3-5-13(10)16-14(11)9-12/h2-9H,1H3. The lowest BCUT2D eigenvalue weighted by atomic mass is 10.1. The molecule has 0 saturated carbocycles. The summed E-state index contributed by atoms with van der Waals surface area (Å²) in [6.07, 6.45) is 0. The first-order valence-electron chi connectivity index (χ1n) is 5.66. The third kappa shape index (κ3) is 1.70.